The maximum Gasteiger partial charge on any atom is 0.227 e. The predicted molar refractivity (Wildman–Crippen MR) is 70.1 cm³/mol. The fourth-order valence-electron chi connectivity index (χ4n) is 1.99. The molecule has 1 saturated carbocycles. The van der Waals surface area contributed by atoms with Crippen LogP contribution in [0.4, 0.5) is 11.9 Å². The van der Waals surface area contributed by atoms with E-state index in [2.05, 4.69) is 20.3 Å². The minimum Gasteiger partial charge on any atom is -0.368 e. The molecule has 5 nitrogen and oxygen atoms in total. The van der Waals surface area contributed by atoms with E-state index in [-0.39, 0.29) is 0 Å². The molecule has 1 atom stereocenters. The maximum absolute atomic E-state index is 5.70. The number of aromatic nitrogens is 3. The summed E-state index contributed by atoms with van der Waals surface area (Å²) in [5.74, 6) is 5.62. The second-order valence-corrected chi connectivity index (χ2v) is 5.91. The highest BCUT2D eigenvalue weighted by Crippen LogP contribution is 2.38. The highest BCUT2D eigenvalue weighted by atomic mass is 32.2. The van der Waals surface area contributed by atoms with Gasteiger partial charge in [0.2, 0.25) is 11.9 Å². The molecule has 0 amide bonds. The van der Waals surface area contributed by atoms with Gasteiger partial charge in [0.1, 0.15) is 5.82 Å². The predicted octanol–water partition coefficient (Wildman–Crippen LogP) is 1.50. The fraction of sp³-hybridized carbons (Fsp3) is 0.727. The molecule has 92 valence electrons. The highest BCUT2D eigenvalue weighted by Gasteiger charge is 2.27. The normalized spacial score (nSPS) is 23.9. The first kappa shape index (κ1) is 11.1. The summed E-state index contributed by atoms with van der Waals surface area (Å²) >= 11 is 2.02. The number of nitrogens with one attached hydrogen (secondary N) is 1. The number of nitrogens with zero attached hydrogens (tertiary/aromatic N) is 3. The summed E-state index contributed by atoms with van der Waals surface area (Å²) in [5.41, 5.74) is 5.70. The van der Waals surface area contributed by atoms with E-state index in [1.165, 1.54) is 30.8 Å². The number of rotatable bonds is 4. The SMILES string of the molecule is Nc1nc(NCC2CCSC2)nc(C2CC2)n1. The summed E-state index contributed by atoms with van der Waals surface area (Å²) in [6.07, 6.45) is 3.65. The van der Waals surface area contributed by atoms with Gasteiger partial charge in [0, 0.05) is 12.5 Å². The molecule has 1 aromatic rings. The van der Waals surface area contributed by atoms with Gasteiger partial charge >= 0.3 is 0 Å². The van der Waals surface area contributed by atoms with E-state index < -0.39 is 0 Å². The monoisotopic (exact) mass is 251 g/mol. The Bertz CT molecular complexity index is 401. The molecule has 2 aliphatic rings. The van der Waals surface area contributed by atoms with Gasteiger partial charge < -0.3 is 11.1 Å². The Morgan fingerprint density at radius 2 is 2.12 bits per heavy atom. The molecular weight excluding hydrogens is 234 g/mol. The topological polar surface area (TPSA) is 76.7 Å². The zero-order chi connectivity index (χ0) is 11.7. The van der Waals surface area contributed by atoms with Crippen LogP contribution in [0.25, 0.3) is 0 Å². The Labute approximate surface area is 105 Å². The lowest BCUT2D eigenvalue weighted by molar-refractivity contribution is 0.628. The molecule has 2 fully saturated rings. The molecule has 1 aliphatic heterocycles. The third-order valence-electron chi connectivity index (χ3n) is 3.19. The molecular formula is C11H17N5S. The first-order valence-corrected chi connectivity index (χ1v) is 7.30. The molecule has 1 aromatic heterocycles. The maximum atomic E-state index is 5.70. The molecule has 3 N–H and O–H groups in total. The van der Waals surface area contributed by atoms with Crippen LogP contribution >= 0.6 is 11.8 Å². The molecule has 0 bridgehead atoms. The van der Waals surface area contributed by atoms with Crippen molar-refractivity contribution in [2.45, 2.75) is 25.2 Å². The summed E-state index contributed by atoms with van der Waals surface area (Å²) in [7, 11) is 0. The smallest absolute Gasteiger partial charge is 0.227 e. The lowest BCUT2D eigenvalue weighted by atomic mass is 10.1. The molecule has 6 heteroatoms. The van der Waals surface area contributed by atoms with Gasteiger partial charge in [-0.1, -0.05) is 0 Å². The zero-order valence-corrected chi connectivity index (χ0v) is 10.5. The van der Waals surface area contributed by atoms with Crippen molar-refractivity contribution in [3.63, 3.8) is 0 Å². The lowest BCUT2D eigenvalue weighted by Gasteiger charge is -2.10. The number of anilines is 2. The molecule has 3 rings (SSSR count). The average molecular weight is 251 g/mol. The Balaban J connectivity index is 1.64. The standard InChI is InChI=1S/C11H17N5S/c12-10-14-9(8-1-2-8)15-11(16-10)13-5-7-3-4-17-6-7/h7-8H,1-6H2,(H3,12,13,14,15,16). The van der Waals surface area contributed by atoms with Crippen molar-refractivity contribution in [1.82, 2.24) is 15.0 Å². The third-order valence-corrected chi connectivity index (χ3v) is 4.42. The average Bonchev–Trinajstić information content (AvgIpc) is 3.04. The largest absolute Gasteiger partial charge is 0.368 e. The summed E-state index contributed by atoms with van der Waals surface area (Å²) in [4.78, 5) is 12.8. The summed E-state index contributed by atoms with van der Waals surface area (Å²) < 4.78 is 0. The van der Waals surface area contributed by atoms with Crippen molar-refractivity contribution in [2.24, 2.45) is 5.92 Å². The molecule has 17 heavy (non-hydrogen) atoms. The molecule has 1 aliphatic carbocycles. The van der Waals surface area contributed by atoms with Gasteiger partial charge in [-0.05, 0) is 36.7 Å². The zero-order valence-electron chi connectivity index (χ0n) is 9.72. The first-order chi connectivity index (χ1) is 8.31. The number of nitrogen functional groups attached to an aromatic ring is 1. The highest BCUT2D eigenvalue weighted by molar-refractivity contribution is 7.99. The van der Waals surface area contributed by atoms with Crippen molar-refractivity contribution < 1.29 is 0 Å². The third kappa shape index (κ3) is 2.80. The number of hydrogen-bond donors (Lipinski definition) is 2. The van der Waals surface area contributed by atoms with Gasteiger partial charge in [0.15, 0.2) is 0 Å². The van der Waals surface area contributed by atoms with Crippen molar-refractivity contribution in [2.75, 3.05) is 29.1 Å². The van der Waals surface area contributed by atoms with E-state index >= 15 is 0 Å². The van der Waals surface area contributed by atoms with Crippen LogP contribution in [0.5, 0.6) is 0 Å². The van der Waals surface area contributed by atoms with E-state index in [0.717, 1.165) is 18.3 Å². The van der Waals surface area contributed by atoms with E-state index in [4.69, 9.17) is 5.73 Å². The van der Waals surface area contributed by atoms with Crippen LogP contribution in [0, 0.1) is 5.92 Å². The van der Waals surface area contributed by atoms with Crippen LogP contribution in [0.15, 0.2) is 0 Å². The Kier molecular flexibility index (Phi) is 3.05. The minimum absolute atomic E-state index is 0.338. The van der Waals surface area contributed by atoms with Crippen molar-refractivity contribution in [3.05, 3.63) is 5.82 Å². The fourth-order valence-corrected chi connectivity index (χ4v) is 3.28. The molecule has 0 spiro atoms. The van der Waals surface area contributed by atoms with E-state index in [0.29, 0.717) is 17.8 Å². The van der Waals surface area contributed by atoms with Gasteiger partial charge in [-0.2, -0.15) is 26.7 Å². The van der Waals surface area contributed by atoms with E-state index in [9.17, 15) is 0 Å². The lowest BCUT2D eigenvalue weighted by Crippen LogP contribution is -2.16. The van der Waals surface area contributed by atoms with Crippen LogP contribution in [0.2, 0.25) is 0 Å². The Morgan fingerprint density at radius 1 is 1.24 bits per heavy atom. The summed E-state index contributed by atoms with van der Waals surface area (Å²) in [6.45, 7) is 0.945. The Hall–Kier alpha value is -1.04. The molecule has 2 heterocycles. The number of hydrogen-bond acceptors (Lipinski definition) is 6. The quantitative estimate of drug-likeness (QED) is 0.844. The van der Waals surface area contributed by atoms with Crippen molar-refractivity contribution in [3.8, 4) is 0 Å². The molecule has 1 unspecified atom stereocenters. The van der Waals surface area contributed by atoms with Crippen molar-refractivity contribution in [1.29, 1.82) is 0 Å². The van der Waals surface area contributed by atoms with Crippen LogP contribution in [-0.2, 0) is 0 Å². The Morgan fingerprint density at radius 3 is 2.82 bits per heavy atom. The van der Waals surface area contributed by atoms with Gasteiger partial charge in [0.05, 0.1) is 0 Å². The first-order valence-electron chi connectivity index (χ1n) is 6.14. The van der Waals surface area contributed by atoms with Gasteiger partial charge in [-0.3, -0.25) is 0 Å². The van der Waals surface area contributed by atoms with Crippen LogP contribution in [-0.4, -0.2) is 33.0 Å². The summed E-state index contributed by atoms with van der Waals surface area (Å²) in [5, 5.41) is 3.29. The second-order valence-electron chi connectivity index (χ2n) is 4.76. The van der Waals surface area contributed by atoms with Crippen LogP contribution in [0.3, 0.4) is 0 Å². The van der Waals surface area contributed by atoms with Gasteiger partial charge in [0.25, 0.3) is 0 Å². The van der Waals surface area contributed by atoms with Gasteiger partial charge in [-0.25, -0.2) is 0 Å². The van der Waals surface area contributed by atoms with Crippen LogP contribution in [0.1, 0.15) is 31.0 Å². The van der Waals surface area contributed by atoms with E-state index in [1.54, 1.807) is 0 Å². The van der Waals surface area contributed by atoms with Gasteiger partial charge in [-0.15, -0.1) is 0 Å². The van der Waals surface area contributed by atoms with Crippen LogP contribution < -0.4 is 11.1 Å². The molecule has 1 saturated heterocycles. The van der Waals surface area contributed by atoms with E-state index in [1.807, 2.05) is 11.8 Å². The minimum atomic E-state index is 0.338. The second kappa shape index (κ2) is 4.68. The summed E-state index contributed by atoms with van der Waals surface area (Å²) in [6, 6.07) is 0. The molecule has 0 radical (unpaired) electrons. The number of thioether (sulfide) groups is 1. The number of nitrogens with two attached hydrogens (primary N) is 1. The molecule has 0 aromatic carbocycles. The van der Waals surface area contributed by atoms with Crippen molar-refractivity contribution >= 4 is 23.7 Å².